The van der Waals surface area contributed by atoms with Gasteiger partial charge in [-0.2, -0.15) is 0 Å². The molecule has 0 amide bonds. The third kappa shape index (κ3) is 3.57. The van der Waals surface area contributed by atoms with Crippen molar-refractivity contribution in [3.8, 4) is 17.2 Å². The summed E-state index contributed by atoms with van der Waals surface area (Å²) < 4.78 is 12.4. The molecule has 0 spiro atoms. The molecule has 154 valence electrons. The van der Waals surface area contributed by atoms with E-state index in [-0.39, 0.29) is 0 Å². The third-order valence-electron chi connectivity index (χ3n) is 5.78. The SMILES string of the molecule is Cc1c(-c2ccc3c(OCc4ccccc4)ccc(C(C)C)c3n2)oc2ccccc12. The van der Waals surface area contributed by atoms with E-state index in [1.54, 1.807) is 0 Å². The minimum absolute atomic E-state index is 0.352. The summed E-state index contributed by atoms with van der Waals surface area (Å²) in [6.45, 7) is 7.01. The molecule has 2 heterocycles. The highest BCUT2D eigenvalue weighted by atomic mass is 16.5. The number of aromatic nitrogens is 1. The number of hydrogen-bond donors (Lipinski definition) is 0. The normalized spacial score (nSPS) is 11.5. The molecule has 3 heteroatoms. The van der Waals surface area contributed by atoms with Crippen molar-refractivity contribution in [3.05, 3.63) is 95.6 Å². The first-order valence-electron chi connectivity index (χ1n) is 10.7. The molecule has 0 atom stereocenters. The van der Waals surface area contributed by atoms with Crippen LogP contribution in [0.2, 0.25) is 0 Å². The van der Waals surface area contributed by atoms with Gasteiger partial charge in [0.05, 0.1) is 5.52 Å². The van der Waals surface area contributed by atoms with Crippen molar-refractivity contribution >= 4 is 21.9 Å². The van der Waals surface area contributed by atoms with Gasteiger partial charge in [-0.25, -0.2) is 4.98 Å². The van der Waals surface area contributed by atoms with Crippen LogP contribution in [0.1, 0.15) is 36.5 Å². The number of benzene rings is 3. The maximum Gasteiger partial charge on any atom is 0.156 e. The van der Waals surface area contributed by atoms with Gasteiger partial charge in [0.1, 0.15) is 23.6 Å². The van der Waals surface area contributed by atoms with Crippen LogP contribution in [0.4, 0.5) is 0 Å². The minimum Gasteiger partial charge on any atom is -0.488 e. The molecular formula is C28H25NO2. The number of furan rings is 1. The Kier molecular flexibility index (Phi) is 4.95. The first-order valence-corrected chi connectivity index (χ1v) is 10.7. The number of hydrogen-bond acceptors (Lipinski definition) is 3. The number of rotatable bonds is 5. The lowest BCUT2D eigenvalue weighted by Gasteiger charge is -2.15. The van der Waals surface area contributed by atoms with E-state index in [9.17, 15) is 0 Å². The Hall–Kier alpha value is -3.59. The average Bonchev–Trinajstić information content (AvgIpc) is 3.14. The molecule has 5 aromatic rings. The Labute approximate surface area is 182 Å². The van der Waals surface area contributed by atoms with Crippen LogP contribution >= 0.6 is 0 Å². The van der Waals surface area contributed by atoms with E-state index in [0.717, 1.165) is 50.2 Å². The predicted octanol–water partition coefficient (Wildman–Crippen LogP) is 7.66. The molecule has 0 bridgehead atoms. The molecule has 3 aromatic carbocycles. The second-order valence-corrected chi connectivity index (χ2v) is 8.23. The molecular weight excluding hydrogens is 382 g/mol. The highest BCUT2D eigenvalue weighted by Crippen LogP contribution is 2.36. The molecule has 0 unspecified atom stereocenters. The standard InChI is InChI=1S/C28H25NO2/c1-18(2)21-14-16-25(30-17-20-9-5-4-6-10-20)23-13-15-24(29-27(21)23)28-19(3)22-11-7-8-12-26(22)31-28/h4-16,18H,17H2,1-3H3. The van der Waals surface area contributed by atoms with Gasteiger partial charge in [0, 0.05) is 16.3 Å². The molecule has 0 fully saturated rings. The lowest BCUT2D eigenvalue weighted by atomic mass is 9.98. The molecule has 5 rings (SSSR count). The summed E-state index contributed by atoms with van der Waals surface area (Å²) in [4.78, 5) is 5.06. The summed E-state index contributed by atoms with van der Waals surface area (Å²) in [5.74, 6) is 2.03. The molecule has 0 aliphatic heterocycles. The average molecular weight is 408 g/mol. The number of nitrogens with zero attached hydrogens (tertiary/aromatic N) is 1. The molecule has 0 aliphatic carbocycles. The Morgan fingerprint density at radius 1 is 0.839 bits per heavy atom. The fourth-order valence-electron chi connectivity index (χ4n) is 4.08. The van der Waals surface area contributed by atoms with E-state index in [1.165, 1.54) is 5.56 Å². The number of fused-ring (bicyclic) bond motifs is 2. The van der Waals surface area contributed by atoms with Crippen molar-refractivity contribution < 1.29 is 9.15 Å². The van der Waals surface area contributed by atoms with Crippen LogP contribution in [-0.4, -0.2) is 4.98 Å². The molecule has 0 aliphatic rings. The Morgan fingerprint density at radius 2 is 1.61 bits per heavy atom. The largest absolute Gasteiger partial charge is 0.488 e. The zero-order valence-electron chi connectivity index (χ0n) is 18.1. The van der Waals surface area contributed by atoms with Crippen molar-refractivity contribution in [1.29, 1.82) is 0 Å². The first-order chi connectivity index (χ1) is 15.1. The van der Waals surface area contributed by atoms with Crippen molar-refractivity contribution in [2.75, 3.05) is 0 Å². The minimum atomic E-state index is 0.352. The second kappa shape index (κ2) is 7.92. The summed E-state index contributed by atoms with van der Waals surface area (Å²) in [6.07, 6.45) is 0. The van der Waals surface area contributed by atoms with Crippen molar-refractivity contribution in [2.45, 2.75) is 33.3 Å². The smallest absolute Gasteiger partial charge is 0.156 e. The topological polar surface area (TPSA) is 35.3 Å². The van der Waals surface area contributed by atoms with Crippen molar-refractivity contribution in [1.82, 2.24) is 4.98 Å². The van der Waals surface area contributed by atoms with Crippen LogP contribution in [0.3, 0.4) is 0 Å². The summed E-state index contributed by atoms with van der Waals surface area (Å²) >= 11 is 0. The van der Waals surface area contributed by atoms with E-state index >= 15 is 0 Å². The van der Waals surface area contributed by atoms with Crippen molar-refractivity contribution in [2.24, 2.45) is 0 Å². The third-order valence-corrected chi connectivity index (χ3v) is 5.78. The number of pyridine rings is 1. The molecule has 31 heavy (non-hydrogen) atoms. The van der Waals surface area contributed by atoms with Gasteiger partial charge in [-0.15, -0.1) is 0 Å². The maximum absolute atomic E-state index is 6.19. The Morgan fingerprint density at radius 3 is 2.39 bits per heavy atom. The first kappa shape index (κ1) is 19.4. The van der Waals surface area contributed by atoms with E-state index in [0.29, 0.717) is 12.5 Å². The summed E-state index contributed by atoms with van der Waals surface area (Å²) in [5, 5.41) is 2.16. The van der Waals surface area contributed by atoms with Crippen molar-refractivity contribution in [3.63, 3.8) is 0 Å². The highest BCUT2D eigenvalue weighted by Gasteiger charge is 2.17. The van der Waals surface area contributed by atoms with Gasteiger partial charge in [0.25, 0.3) is 0 Å². The van der Waals surface area contributed by atoms with Gasteiger partial charge in [0.2, 0.25) is 0 Å². The van der Waals surface area contributed by atoms with Gasteiger partial charge in [-0.05, 0) is 48.2 Å². The fraction of sp³-hybridized carbons (Fsp3) is 0.179. The van der Waals surface area contributed by atoms with Gasteiger partial charge in [-0.1, -0.05) is 68.4 Å². The Balaban J connectivity index is 1.61. The lowest BCUT2D eigenvalue weighted by molar-refractivity contribution is 0.310. The monoisotopic (exact) mass is 407 g/mol. The van der Waals surface area contributed by atoms with Gasteiger partial charge < -0.3 is 9.15 Å². The van der Waals surface area contributed by atoms with E-state index in [4.69, 9.17) is 14.1 Å². The maximum atomic E-state index is 6.19. The van der Waals surface area contributed by atoms with E-state index in [1.807, 2.05) is 42.5 Å². The Bertz CT molecular complexity index is 1370. The molecule has 0 saturated carbocycles. The molecule has 3 nitrogen and oxygen atoms in total. The molecule has 0 radical (unpaired) electrons. The van der Waals surface area contributed by atoms with Gasteiger partial charge in [0.15, 0.2) is 5.76 Å². The zero-order valence-corrected chi connectivity index (χ0v) is 18.1. The van der Waals surface area contributed by atoms with Crippen LogP contribution in [-0.2, 0) is 6.61 Å². The van der Waals surface area contributed by atoms with Crippen LogP contribution in [0.25, 0.3) is 33.3 Å². The lowest BCUT2D eigenvalue weighted by Crippen LogP contribution is -1.99. The van der Waals surface area contributed by atoms with E-state index in [2.05, 4.69) is 57.2 Å². The second-order valence-electron chi connectivity index (χ2n) is 8.23. The summed E-state index contributed by atoms with van der Waals surface area (Å²) in [5.41, 5.74) is 6.18. The van der Waals surface area contributed by atoms with Crippen LogP contribution in [0.15, 0.2) is 83.3 Å². The van der Waals surface area contributed by atoms with Gasteiger partial charge >= 0.3 is 0 Å². The molecule has 2 aromatic heterocycles. The fourth-order valence-corrected chi connectivity index (χ4v) is 4.08. The quantitative estimate of drug-likeness (QED) is 0.300. The summed E-state index contributed by atoms with van der Waals surface area (Å²) in [7, 11) is 0. The van der Waals surface area contributed by atoms with E-state index < -0.39 is 0 Å². The zero-order chi connectivity index (χ0) is 21.4. The molecule has 0 N–H and O–H groups in total. The van der Waals surface area contributed by atoms with Crippen LogP contribution in [0, 0.1) is 6.92 Å². The number of ether oxygens (including phenoxy) is 1. The van der Waals surface area contributed by atoms with Crippen LogP contribution < -0.4 is 4.74 Å². The number of para-hydroxylation sites is 1. The van der Waals surface area contributed by atoms with Gasteiger partial charge in [-0.3, -0.25) is 0 Å². The summed E-state index contributed by atoms with van der Waals surface area (Å²) in [6, 6.07) is 26.7. The predicted molar refractivity (Wildman–Crippen MR) is 127 cm³/mol. The highest BCUT2D eigenvalue weighted by molar-refractivity contribution is 5.92. The van der Waals surface area contributed by atoms with Crippen LogP contribution in [0.5, 0.6) is 5.75 Å². The number of aryl methyl sites for hydroxylation is 1. The molecule has 0 saturated heterocycles.